The monoisotopic (exact) mass is 252 g/mol. The van der Waals surface area contributed by atoms with Gasteiger partial charge >= 0.3 is 0 Å². The number of carbonyl (C=O) groups excluding carboxylic acids is 1. The Balaban J connectivity index is 2.36. The molecule has 0 aromatic heterocycles. The summed E-state index contributed by atoms with van der Waals surface area (Å²) >= 11 is 0. The van der Waals surface area contributed by atoms with Crippen molar-refractivity contribution >= 4 is 6.29 Å². The molecule has 2 nitrogen and oxygen atoms in total. The zero-order valence-electron chi connectivity index (χ0n) is 8.99. The first kappa shape index (κ1) is 12.2. The van der Waals surface area contributed by atoms with E-state index in [1.807, 2.05) is 0 Å². The minimum atomic E-state index is -1.09. The van der Waals surface area contributed by atoms with E-state index in [1.54, 1.807) is 0 Å². The van der Waals surface area contributed by atoms with Crippen molar-refractivity contribution in [3.05, 3.63) is 59.4 Å². The van der Waals surface area contributed by atoms with Crippen LogP contribution < -0.4 is 4.74 Å². The lowest BCUT2D eigenvalue weighted by Gasteiger charge is -2.08. The van der Waals surface area contributed by atoms with Crippen molar-refractivity contribution in [3.63, 3.8) is 0 Å². The molecule has 0 aliphatic rings. The van der Waals surface area contributed by atoms with E-state index < -0.39 is 17.5 Å². The molecule has 0 radical (unpaired) electrons. The van der Waals surface area contributed by atoms with Gasteiger partial charge in [-0.15, -0.1) is 0 Å². The van der Waals surface area contributed by atoms with Gasteiger partial charge in [-0.05, 0) is 24.3 Å². The number of benzene rings is 2. The van der Waals surface area contributed by atoms with E-state index in [4.69, 9.17) is 4.74 Å². The lowest BCUT2D eigenvalue weighted by molar-refractivity contribution is 0.111. The Morgan fingerprint density at radius 1 is 0.944 bits per heavy atom. The van der Waals surface area contributed by atoms with Crippen molar-refractivity contribution in [2.75, 3.05) is 0 Å². The molecule has 0 saturated heterocycles. The molecule has 0 fully saturated rings. The molecule has 92 valence electrons. The van der Waals surface area contributed by atoms with Crippen LogP contribution in [-0.2, 0) is 0 Å². The molecular weight excluding hydrogens is 245 g/mol. The minimum Gasteiger partial charge on any atom is -0.456 e. The Morgan fingerprint density at radius 3 is 2.39 bits per heavy atom. The van der Waals surface area contributed by atoms with Crippen LogP contribution in [0.15, 0.2) is 36.4 Å². The zero-order valence-corrected chi connectivity index (χ0v) is 8.99. The lowest BCUT2D eigenvalue weighted by atomic mass is 10.2. The van der Waals surface area contributed by atoms with Gasteiger partial charge in [0.15, 0.2) is 17.9 Å². The van der Waals surface area contributed by atoms with Crippen molar-refractivity contribution in [2.45, 2.75) is 0 Å². The fourth-order valence-corrected chi connectivity index (χ4v) is 1.39. The standard InChI is InChI=1S/C13H7F3O2/c14-10-2-1-3-13(9(10)7-17)18-8-4-5-11(15)12(16)6-8/h1-7H. The maximum Gasteiger partial charge on any atom is 0.162 e. The highest BCUT2D eigenvalue weighted by Gasteiger charge is 2.10. The van der Waals surface area contributed by atoms with Crippen molar-refractivity contribution in [1.82, 2.24) is 0 Å². The number of hydrogen-bond donors (Lipinski definition) is 0. The third kappa shape index (κ3) is 2.34. The Kier molecular flexibility index (Phi) is 3.32. The number of ether oxygens (including phenoxy) is 1. The molecule has 0 spiro atoms. The summed E-state index contributed by atoms with van der Waals surface area (Å²) in [4.78, 5) is 10.7. The van der Waals surface area contributed by atoms with E-state index >= 15 is 0 Å². The summed E-state index contributed by atoms with van der Waals surface area (Å²) in [5, 5.41) is 0. The first-order valence-corrected chi connectivity index (χ1v) is 4.98. The molecule has 5 heteroatoms. The molecule has 0 aliphatic heterocycles. The van der Waals surface area contributed by atoms with Crippen LogP contribution >= 0.6 is 0 Å². The minimum absolute atomic E-state index is 0.0254. The molecule has 0 atom stereocenters. The van der Waals surface area contributed by atoms with Crippen LogP contribution in [0.2, 0.25) is 0 Å². The summed E-state index contributed by atoms with van der Waals surface area (Å²) in [7, 11) is 0. The van der Waals surface area contributed by atoms with Gasteiger partial charge in [-0.1, -0.05) is 6.07 Å². The Labute approximate surface area is 101 Å². The predicted octanol–water partition coefficient (Wildman–Crippen LogP) is 3.71. The molecule has 0 saturated carbocycles. The first-order chi connectivity index (χ1) is 8.61. The molecule has 0 unspecified atom stereocenters. The first-order valence-electron chi connectivity index (χ1n) is 4.98. The molecule has 2 aromatic rings. The maximum atomic E-state index is 13.3. The van der Waals surface area contributed by atoms with Crippen molar-refractivity contribution < 1.29 is 22.7 Å². The molecule has 0 aliphatic carbocycles. The molecule has 0 heterocycles. The van der Waals surface area contributed by atoms with E-state index in [0.29, 0.717) is 6.29 Å². The van der Waals surface area contributed by atoms with Gasteiger partial charge in [0, 0.05) is 6.07 Å². The highest BCUT2D eigenvalue weighted by Crippen LogP contribution is 2.26. The van der Waals surface area contributed by atoms with Crippen LogP contribution in [0.4, 0.5) is 13.2 Å². The van der Waals surface area contributed by atoms with Crippen LogP contribution in [0.25, 0.3) is 0 Å². The summed E-state index contributed by atoms with van der Waals surface area (Å²) < 4.78 is 44.0. The zero-order chi connectivity index (χ0) is 13.1. The smallest absolute Gasteiger partial charge is 0.162 e. The normalized spacial score (nSPS) is 10.2. The predicted molar refractivity (Wildman–Crippen MR) is 58.2 cm³/mol. The quantitative estimate of drug-likeness (QED) is 0.778. The highest BCUT2D eigenvalue weighted by molar-refractivity contribution is 5.79. The van der Waals surface area contributed by atoms with Crippen LogP contribution in [0.1, 0.15) is 10.4 Å². The third-order valence-corrected chi connectivity index (χ3v) is 2.25. The van der Waals surface area contributed by atoms with Crippen molar-refractivity contribution in [3.8, 4) is 11.5 Å². The van der Waals surface area contributed by atoms with Gasteiger partial charge in [-0.25, -0.2) is 13.2 Å². The average molecular weight is 252 g/mol. The van der Waals surface area contributed by atoms with E-state index in [2.05, 4.69) is 0 Å². The maximum absolute atomic E-state index is 13.3. The summed E-state index contributed by atoms with van der Waals surface area (Å²) in [5.41, 5.74) is -0.276. The van der Waals surface area contributed by atoms with Crippen LogP contribution in [0.5, 0.6) is 11.5 Å². The van der Waals surface area contributed by atoms with Gasteiger partial charge in [-0.3, -0.25) is 4.79 Å². The van der Waals surface area contributed by atoms with E-state index in [1.165, 1.54) is 18.2 Å². The average Bonchev–Trinajstić information content (AvgIpc) is 2.34. The Hall–Kier alpha value is -2.30. The topological polar surface area (TPSA) is 26.3 Å². The van der Waals surface area contributed by atoms with Gasteiger partial charge in [0.05, 0.1) is 5.56 Å². The molecule has 2 aromatic carbocycles. The van der Waals surface area contributed by atoms with E-state index in [-0.39, 0.29) is 17.1 Å². The summed E-state index contributed by atoms with van der Waals surface area (Å²) in [5.74, 6) is -2.93. The SMILES string of the molecule is O=Cc1c(F)cccc1Oc1ccc(F)c(F)c1. The van der Waals surface area contributed by atoms with E-state index in [0.717, 1.165) is 18.2 Å². The van der Waals surface area contributed by atoms with Crippen LogP contribution in [0.3, 0.4) is 0 Å². The number of halogens is 3. The second-order valence-corrected chi connectivity index (χ2v) is 3.45. The number of hydrogen-bond acceptors (Lipinski definition) is 2. The second-order valence-electron chi connectivity index (χ2n) is 3.45. The van der Waals surface area contributed by atoms with Gasteiger partial charge in [0.2, 0.25) is 0 Å². The van der Waals surface area contributed by atoms with Gasteiger partial charge < -0.3 is 4.74 Å². The molecule has 2 rings (SSSR count). The molecule has 18 heavy (non-hydrogen) atoms. The summed E-state index contributed by atoms with van der Waals surface area (Å²) in [6.45, 7) is 0. The second kappa shape index (κ2) is 4.91. The van der Waals surface area contributed by atoms with Crippen molar-refractivity contribution in [2.24, 2.45) is 0 Å². The third-order valence-electron chi connectivity index (χ3n) is 2.25. The Bertz CT molecular complexity index is 597. The lowest BCUT2D eigenvalue weighted by Crippen LogP contribution is -1.95. The summed E-state index contributed by atoms with van der Waals surface area (Å²) in [6.07, 6.45) is 0.296. The Morgan fingerprint density at radius 2 is 1.72 bits per heavy atom. The van der Waals surface area contributed by atoms with Crippen molar-refractivity contribution in [1.29, 1.82) is 0 Å². The molecule has 0 bridgehead atoms. The van der Waals surface area contributed by atoms with Crippen LogP contribution in [0, 0.1) is 17.5 Å². The molecular formula is C13H7F3O2. The molecule has 0 amide bonds. The highest BCUT2D eigenvalue weighted by atomic mass is 19.2. The van der Waals surface area contributed by atoms with Gasteiger partial charge in [-0.2, -0.15) is 0 Å². The van der Waals surface area contributed by atoms with Gasteiger partial charge in [0.25, 0.3) is 0 Å². The number of carbonyl (C=O) groups is 1. The van der Waals surface area contributed by atoms with Gasteiger partial charge in [0.1, 0.15) is 17.3 Å². The fourth-order valence-electron chi connectivity index (χ4n) is 1.39. The largest absolute Gasteiger partial charge is 0.456 e. The number of rotatable bonds is 3. The fraction of sp³-hybridized carbons (Fsp3) is 0. The summed E-state index contributed by atoms with van der Waals surface area (Å²) in [6, 6.07) is 6.67. The molecule has 0 N–H and O–H groups in total. The van der Waals surface area contributed by atoms with Crippen LogP contribution in [-0.4, -0.2) is 6.29 Å². The number of aldehydes is 1. The van der Waals surface area contributed by atoms with E-state index in [9.17, 15) is 18.0 Å².